The molecular formula is C17H15BrN4O2. The van der Waals surface area contributed by atoms with Crippen LogP contribution in [0.3, 0.4) is 0 Å². The van der Waals surface area contributed by atoms with Gasteiger partial charge in [0.1, 0.15) is 5.75 Å². The number of imidazole rings is 1. The van der Waals surface area contributed by atoms with Crippen molar-refractivity contribution in [3.8, 4) is 17.0 Å². The fourth-order valence-electron chi connectivity index (χ4n) is 2.83. The summed E-state index contributed by atoms with van der Waals surface area (Å²) >= 11 is 3.56. The van der Waals surface area contributed by atoms with Crippen molar-refractivity contribution in [3.63, 3.8) is 0 Å². The average Bonchev–Trinajstić information content (AvgIpc) is 3.00. The van der Waals surface area contributed by atoms with Crippen LogP contribution < -0.4 is 9.64 Å². The highest BCUT2D eigenvalue weighted by Crippen LogP contribution is 2.35. The molecule has 0 saturated carbocycles. The average molecular weight is 387 g/mol. The van der Waals surface area contributed by atoms with E-state index in [2.05, 4.69) is 25.9 Å². The van der Waals surface area contributed by atoms with Crippen molar-refractivity contribution in [1.82, 2.24) is 14.4 Å². The van der Waals surface area contributed by atoms with Crippen LogP contribution in [0.2, 0.25) is 0 Å². The fraction of sp³-hybridized carbons (Fsp3) is 0.235. The summed E-state index contributed by atoms with van der Waals surface area (Å²) in [6, 6.07) is 5.74. The molecule has 0 atom stereocenters. The summed E-state index contributed by atoms with van der Waals surface area (Å²) in [6.45, 7) is 4.04. The number of carbonyl (C=O) groups excluding carboxylic acids is 1. The third kappa shape index (κ3) is 2.19. The van der Waals surface area contributed by atoms with E-state index < -0.39 is 0 Å². The van der Waals surface area contributed by atoms with E-state index in [1.807, 2.05) is 42.6 Å². The van der Waals surface area contributed by atoms with Crippen molar-refractivity contribution in [2.24, 2.45) is 0 Å². The van der Waals surface area contributed by atoms with Crippen LogP contribution >= 0.6 is 15.9 Å². The molecule has 0 N–H and O–H groups in total. The highest BCUT2D eigenvalue weighted by molar-refractivity contribution is 9.10. The van der Waals surface area contributed by atoms with E-state index in [9.17, 15) is 4.79 Å². The van der Waals surface area contributed by atoms with Crippen LogP contribution in [0.4, 0.5) is 5.69 Å². The predicted molar refractivity (Wildman–Crippen MR) is 94.5 cm³/mol. The lowest BCUT2D eigenvalue weighted by Gasteiger charge is -2.26. The first kappa shape index (κ1) is 15.1. The third-order valence-electron chi connectivity index (χ3n) is 4.29. The molecule has 0 spiro atoms. The molecule has 0 saturated heterocycles. The summed E-state index contributed by atoms with van der Waals surface area (Å²) in [4.78, 5) is 22.6. The summed E-state index contributed by atoms with van der Waals surface area (Å²) in [7, 11) is 1.75. The molecule has 3 aromatic rings. The first-order valence-electron chi connectivity index (χ1n) is 7.51. The van der Waals surface area contributed by atoms with Gasteiger partial charge in [-0.05, 0) is 48.0 Å². The topological polar surface area (TPSA) is 59.7 Å². The van der Waals surface area contributed by atoms with Crippen LogP contribution in [0.15, 0.2) is 28.9 Å². The number of nitrogens with zero attached hydrogens (tertiary/aromatic N) is 4. The van der Waals surface area contributed by atoms with Crippen LogP contribution in [-0.2, 0) is 4.79 Å². The minimum Gasteiger partial charge on any atom is -0.482 e. The van der Waals surface area contributed by atoms with Crippen molar-refractivity contribution < 1.29 is 9.53 Å². The lowest BCUT2D eigenvalue weighted by atomic mass is 10.1. The second kappa shape index (κ2) is 5.31. The Morgan fingerprint density at radius 1 is 1.25 bits per heavy atom. The maximum absolute atomic E-state index is 11.8. The van der Waals surface area contributed by atoms with Gasteiger partial charge in [0.05, 0.1) is 21.5 Å². The summed E-state index contributed by atoms with van der Waals surface area (Å²) in [5.41, 5.74) is 4.42. The second-order valence-electron chi connectivity index (χ2n) is 5.82. The van der Waals surface area contributed by atoms with Gasteiger partial charge in [0.15, 0.2) is 6.61 Å². The largest absolute Gasteiger partial charge is 0.482 e. The van der Waals surface area contributed by atoms with Gasteiger partial charge in [-0.1, -0.05) is 0 Å². The number of benzene rings is 1. The van der Waals surface area contributed by atoms with E-state index in [1.54, 1.807) is 11.9 Å². The minimum absolute atomic E-state index is 0.0632. The number of ether oxygens (including phenoxy) is 1. The number of fused-ring (bicyclic) bond motifs is 2. The molecule has 3 heterocycles. The van der Waals surface area contributed by atoms with Gasteiger partial charge >= 0.3 is 0 Å². The molecule has 0 unspecified atom stereocenters. The van der Waals surface area contributed by atoms with Crippen LogP contribution in [0, 0.1) is 13.8 Å². The van der Waals surface area contributed by atoms with E-state index in [4.69, 9.17) is 4.74 Å². The van der Waals surface area contributed by atoms with Crippen molar-refractivity contribution in [2.75, 3.05) is 18.6 Å². The Hall–Kier alpha value is -2.41. The Balaban J connectivity index is 1.86. The molecular weight excluding hydrogens is 372 g/mol. The Morgan fingerprint density at radius 3 is 2.83 bits per heavy atom. The highest BCUT2D eigenvalue weighted by Gasteiger charge is 2.23. The van der Waals surface area contributed by atoms with Gasteiger partial charge in [-0.25, -0.2) is 9.97 Å². The third-order valence-corrected chi connectivity index (χ3v) is 5.44. The fourth-order valence-corrected chi connectivity index (χ4v) is 3.11. The lowest BCUT2D eigenvalue weighted by Crippen LogP contribution is -2.35. The number of amides is 1. The summed E-state index contributed by atoms with van der Waals surface area (Å²) in [5, 5.41) is 0. The van der Waals surface area contributed by atoms with E-state index >= 15 is 0 Å². The molecule has 1 amide bonds. The highest BCUT2D eigenvalue weighted by atomic mass is 79.9. The van der Waals surface area contributed by atoms with Crippen molar-refractivity contribution in [3.05, 3.63) is 40.3 Å². The zero-order chi connectivity index (χ0) is 17.0. The molecule has 1 aliphatic heterocycles. The quantitative estimate of drug-likeness (QED) is 0.644. The van der Waals surface area contributed by atoms with E-state index in [-0.39, 0.29) is 12.5 Å². The molecule has 122 valence electrons. The van der Waals surface area contributed by atoms with Gasteiger partial charge in [-0.15, -0.1) is 0 Å². The first-order chi connectivity index (χ1) is 11.5. The van der Waals surface area contributed by atoms with Crippen molar-refractivity contribution in [1.29, 1.82) is 0 Å². The number of halogens is 1. The first-order valence-corrected chi connectivity index (χ1v) is 8.30. The smallest absolute Gasteiger partial charge is 0.264 e. The lowest BCUT2D eigenvalue weighted by molar-refractivity contribution is -0.120. The van der Waals surface area contributed by atoms with Crippen LogP contribution in [0.25, 0.3) is 17.0 Å². The zero-order valence-electron chi connectivity index (χ0n) is 13.5. The molecule has 1 aromatic carbocycles. The normalized spacial score (nSPS) is 14.0. The van der Waals surface area contributed by atoms with Crippen molar-refractivity contribution in [2.45, 2.75) is 13.8 Å². The zero-order valence-corrected chi connectivity index (χ0v) is 15.1. The van der Waals surface area contributed by atoms with E-state index in [1.165, 1.54) is 0 Å². The molecule has 2 aromatic heterocycles. The Kier molecular flexibility index (Phi) is 3.35. The SMILES string of the molecule is Cc1nc2nc(-c3ccc4c(c3)N(C)C(=O)CO4)cn2c(C)c1Br. The standard InChI is InChI=1S/C17H15BrN4O2/c1-9-16(18)10(2)22-7-12(20-17(22)19-9)11-4-5-14-13(6-11)21(3)15(23)8-24-14/h4-7H,8H2,1-3H3. The number of hydrogen-bond acceptors (Lipinski definition) is 4. The number of carbonyl (C=O) groups is 1. The number of aromatic nitrogens is 3. The monoisotopic (exact) mass is 386 g/mol. The van der Waals surface area contributed by atoms with Crippen molar-refractivity contribution >= 4 is 33.3 Å². The van der Waals surface area contributed by atoms with Gasteiger partial charge in [0.2, 0.25) is 5.78 Å². The van der Waals surface area contributed by atoms with Gasteiger partial charge < -0.3 is 9.64 Å². The molecule has 0 fully saturated rings. The van der Waals surface area contributed by atoms with Gasteiger partial charge in [0, 0.05) is 24.5 Å². The number of hydrogen-bond donors (Lipinski definition) is 0. The number of aryl methyl sites for hydroxylation is 2. The molecule has 4 rings (SSSR count). The maximum atomic E-state index is 11.8. The molecule has 0 aliphatic carbocycles. The van der Waals surface area contributed by atoms with Crippen LogP contribution in [-0.4, -0.2) is 33.9 Å². The number of rotatable bonds is 1. The second-order valence-corrected chi connectivity index (χ2v) is 6.61. The van der Waals surface area contributed by atoms with E-state index in [0.717, 1.165) is 32.8 Å². The molecule has 7 heteroatoms. The number of likely N-dealkylation sites (N-methyl/N-ethyl adjacent to an activating group) is 1. The summed E-state index contributed by atoms with van der Waals surface area (Å²) in [5.74, 6) is 1.30. The van der Waals surface area contributed by atoms with Gasteiger partial charge in [0.25, 0.3) is 5.91 Å². The Labute approximate surface area is 147 Å². The Bertz CT molecular complexity index is 996. The predicted octanol–water partition coefficient (Wildman–Crippen LogP) is 3.13. The molecule has 0 radical (unpaired) electrons. The summed E-state index contributed by atoms with van der Waals surface area (Å²) < 4.78 is 8.40. The van der Waals surface area contributed by atoms with Gasteiger partial charge in [-0.2, -0.15) is 0 Å². The molecule has 0 bridgehead atoms. The van der Waals surface area contributed by atoms with Crippen LogP contribution in [0.5, 0.6) is 5.75 Å². The molecule has 6 nitrogen and oxygen atoms in total. The molecule has 24 heavy (non-hydrogen) atoms. The molecule has 1 aliphatic rings. The number of anilines is 1. The van der Waals surface area contributed by atoms with E-state index in [0.29, 0.717) is 11.5 Å². The minimum atomic E-state index is -0.0632. The van der Waals surface area contributed by atoms with Gasteiger partial charge in [-0.3, -0.25) is 9.20 Å². The Morgan fingerprint density at radius 2 is 2.04 bits per heavy atom. The summed E-state index contributed by atoms with van der Waals surface area (Å²) in [6.07, 6.45) is 1.95. The van der Waals surface area contributed by atoms with Crippen LogP contribution in [0.1, 0.15) is 11.4 Å². The maximum Gasteiger partial charge on any atom is 0.264 e.